The van der Waals surface area contributed by atoms with Crippen molar-refractivity contribution in [2.24, 2.45) is 0 Å². The van der Waals surface area contributed by atoms with Gasteiger partial charge in [0, 0.05) is 12.6 Å². The highest BCUT2D eigenvalue weighted by atomic mass is 32.2. The zero-order valence-electron chi connectivity index (χ0n) is 10.8. The van der Waals surface area contributed by atoms with Crippen molar-refractivity contribution in [3.63, 3.8) is 0 Å². The first-order valence-corrected chi connectivity index (χ1v) is 8.18. The van der Waals surface area contributed by atoms with E-state index in [1.165, 1.54) is 12.1 Å². The molecule has 2 heterocycles. The number of halogens is 3. The zero-order valence-corrected chi connectivity index (χ0v) is 12.4. The molecule has 2 aromatic rings. The Balaban J connectivity index is 2.26. The number of hydrogen-bond acceptors (Lipinski definition) is 5. The van der Waals surface area contributed by atoms with E-state index < -0.39 is 22.0 Å². The topological polar surface area (TPSA) is 72.2 Å². The van der Waals surface area contributed by atoms with Crippen molar-refractivity contribution >= 4 is 21.4 Å². The van der Waals surface area contributed by atoms with Gasteiger partial charge in [0.15, 0.2) is 0 Å². The fraction of sp³-hybridized carbons (Fsp3) is 0.364. The number of sulfonamides is 1. The minimum Gasteiger partial charge on any atom is -0.351 e. The molecule has 0 spiro atoms. The van der Waals surface area contributed by atoms with Crippen LogP contribution in [0.3, 0.4) is 0 Å². The molecule has 21 heavy (non-hydrogen) atoms. The number of rotatable bonds is 5. The van der Waals surface area contributed by atoms with E-state index in [-0.39, 0.29) is 21.3 Å². The molecule has 0 atom stereocenters. The van der Waals surface area contributed by atoms with Crippen molar-refractivity contribution in [3.05, 3.63) is 24.0 Å². The van der Waals surface area contributed by atoms with Crippen LogP contribution < -0.4 is 4.72 Å². The second-order valence-corrected chi connectivity index (χ2v) is 7.17. The maximum absolute atomic E-state index is 12.4. The van der Waals surface area contributed by atoms with Gasteiger partial charge < -0.3 is 4.52 Å². The lowest BCUT2D eigenvalue weighted by atomic mass is 10.3. The Labute approximate surface area is 122 Å². The number of nitrogens with one attached hydrogen (secondary N) is 1. The minimum absolute atomic E-state index is 0.0162. The monoisotopic (exact) mass is 340 g/mol. The highest BCUT2D eigenvalue weighted by Gasteiger charge is 2.36. The summed E-state index contributed by atoms with van der Waals surface area (Å²) in [7, 11) is -3.64. The molecule has 0 saturated carbocycles. The molecule has 2 aromatic heterocycles. The van der Waals surface area contributed by atoms with E-state index in [4.69, 9.17) is 0 Å². The third kappa shape index (κ3) is 3.63. The first-order chi connectivity index (χ1) is 9.74. The average molecular weight is 340 g/mol. The number of thiophene rings is 1. The highest BCUT2D eigenvalue weighted by molar-refractivity contribution is 7.91. The fourth-order valence-corrected chi connectivity index (χ4v) is 3.87. The van der Waals surface area contributed by atoms with Gasteiger partial charge in [-0.2, -0.15) is 13.2 Å². The molecule has 0 amide bonds. The van der Waals surface area contributed by atoms with E-state index in [0.717, 1.165) is 17.4 Å². The van der Waals surface area contributed by atoms with Crippen LogP contribution in [0.25, 0.3) is 10.6 Å². The maximum atomic E-state index is 12.4. The van der Waals surface area contributed by atoms with Crippen molar-refractivity contribution in [2.45, 2.75) is 23.7 Å². The Morgan fingerprint density at radius 2 is 2.10 bits per heavy atom. The molecule has 0 fully saturated rings. The Hall–Kier alpha value is -1.39. The van der Waals surface area contributed by atoms with E-state index in [1.54, 1.807) is 0 Å². The first kappa shape index (κ1) is 16.0. The predicted octanol–water partition coefficient (Wildman–Crippen LogP) is 3.11. The van der Waals surface area contributed by atoms with Gasteiger partial charge in [0.05, 0.1) is 4.88 Å². The molecule has 0 aliphatic carbocycles. The quantitative estimate of drug-likeness (QED) is 0.908. The van der Waals surface area contributed by atoms with Gasteiger partial charge >= 0.3 is 6.18 Å². The van der Waals surface area contributed by atoms with E-state index in [0.29, 0.717) is 6.42 Å². The van der Waals surface area contributed by atoms with Gasteiger partial charge in [0.2, 0.25) is 15.8 Å². The molecule has 1 N–H and O–H groups in total. The van der Waals surface area contributed by atoms with Crippen LogP contribution in [-0.2, 0) is 16.2 Å². The van der Waals surface area contributed by atoms with Gasteiger partial charge in [0.1, 0.15) is 9.90 Å². The van der Waals surface area contributed by atoms with Gasteiger partial charge in [0.25, 0.3) is 0 Å². The molecule has 0 aromatic carbocycles. The van der Waals surface area contributed by atoms with Crippen LogP contribution in [0.2, 0.25) is 0 Å². The smallest absolute Gasteiger partial charge is 0.351 e. The molecule has 0 aliphatic heterocycles. The summed E-state index contributed by atoms with van der Waals surface area (Å²) in [5.74, 6) is -1.22. The summed E-state index contributed by atoms with van der Waals surface area (Å²) >= 11 is 0.827. The van der Waals surface area contributed by atoms with E-state index in [1.807, 2.05) is 6.92 Å². The summed E-state index contributed by atoms with van der Waals surface area (Å²) in [6.07, 6.45) is -3.99. The van der Waals surface area contributed by atoms with Crippen molar-refractivity contribution < 1.29 is 26.1 Å². The normalized spacial score (nSPS) is 12.8. The SMILES string of the molecule is CCCNS(=O)(=O)c1ccc(-c2cc(C(F)(F)F)on2)s1. The molecule has 0 aliphatic rings. The molecule has 2 rings (SSSR count). The molecular formula is C11H11F3N2O3S2. The molecule has 0 saturated heterocycles. The molecule has 116 valence electrons. The fourth-order valence-electron chi connectivity index (χ4n) is 1.43. The van der Waals surface area contributed by atoms with Crippen molar-refractivity contribution in [1.29, 1.82) is 0 Å². The number of alkyl halides is 3. The van der Waals surface area contributed by atoms with Crippen molar-refractivity contribution in [1.82, 2.24) is 9.88 Å². The average Bonchev–Trinajstić information content (AvgIpc) is 3.03. The second kappa shape index (κ2) is 5.78. The minimum atomic E-state index is -4.62. The van der Waals surface area contributed by atoms with Crippen LogP contribution in [0.5, 0.6) is 0 Å². The second-order valence-electron chi connectivity index (χ2n) is 4.09. The standard InChI is InChI=1S/C11H11F3N2O3S2/c1-2-5-15-21(17,18)10-4-3-8(20-10)7-6-9(19-16-7)11(12,13)14/h3-4,6,15H,2,5H2,1H3. The van der Waals surface area contributed by atoms with Gasteiger partial charge in [-0.15, -0.1) is 11.3 Å². The molecule has 0 bridgehead atoms. The van der Waals surface area contributed by atoms with Crippen LogP contribution in [0, 0.1) is 0 Å². The van der Waals surface area contributed by atoms with Gasteiger partial charge in [-0.3, -0.25) is 0 Å². The highest BCUT2D eigenvalue weighted by Crippen LogP contribution is 2.35. The Morgan fingerprint density at radius 1 is 1.38 bits per heavy atom. The van der Waals surface area contributed by atoms with Gasteiger partial charge in [-0.05, 0) is 18.6 Å². The molecule has 0 radical (unpaired) electrons. The maximum Gasteiger partial charge on any atom is 0.452 e. The van der Waals surface area contributed by atoms with Crippen molar-refractivity contribution in [2.75, 3.05) is 6.54 Å². The van der Waals surface area contributed by atoms with Crippen LogP contribution in [-0.4, -0.2) is 20.1 Å². The Bertz CT molecular complexity index is 719. The molecule has 0 unspecified atom stereocenters. The predicted molar refractivity (Wildman–Crippen MR) is 70.3 cm³/mol. The summed E-state index contributed by atoms with van der Waals surface area (Å²) in [5.41, 5.74) is -0.0516. The largest absolute Gasteiger partial charge is 0.452 e. The number of hydrogen-bond donors (Lipinski definition) is 1. The van der Waals surface area contributed by atoms with Gasteiger partial charge in [-0.1, -0.05) is 12.1 Å². The van der Waals surface area contributed by atoms with Crippen LogP contribution in [0.15, 0.2) is 26.9 Å². The summed E-state index contributed by atoms with van der Waals surface area (Å²) < 4.78 is 67.6. The van der Waals surface area contributed by atoms with E-state index in [9.17, 15) is 21.6 Å². The summed E-state index contributed by atoms with van der Waals surface area (Å²) in [6, 6.07) is 3.45. The van der Waals surface area contributed by atoms with Crippen LogP contribution in [0.1, 0.15) is 19.1 Å². The molecular weight excluding hydrogens is 329 g/mol. The third-order valence-corrected chi connectivity index (χ3v) is 5.49. The lowest BCUT2D eigenvalue weighted by Crippen LogP contribution is -2.23. The number of aromatic nitrogens is 1. The summed E-state index contributed by atoms with van der Waals surface area (Å²) in [6.45, 7) is 2.11. The summed E-state index contributed by atoms with van der Waals surface area (Å²) in [5, 5.41) is 3.31. The third-order valence-electron chi connectivity index (χ3n) is 2.43. The lowest BCUT2D eigenvalue weighted by molar-refractivity contribution is -0.155. The van der Waals surface area contributed by atoms with Crippen molar-refractivity contribution in [3.8, 4) is 10.6 Å². The molecule has 5 nitrogen and oxygen atoms in total. The van der Waals surface area contributed by atoms with E-state index >= 15 is 0 Å². The Morgan fingerprint density at radius 3 is 2.67 bits per heavy atom. The van der Waals surface area contributed by atoms with Crippen LogP contribution >= 0.6 is 11.3 Å². The number of nitrogens with zero attached hydrogens (tertiary/aromatic N) is 1. The summed E-state index contributed by atoms with van der Waals surface area (Å²) in [4.78, 5) is 0.283. The van der Waals surface area contributed by atoms with E-state index in [2.05, 4.69) is 14.4 Å². The van der Waals surface area contributed by atoms with Gasteiger partial charge in [-0.25, -0.2) is 13.1 Å². The lowest BCUT2D eigenvalue weighted by Gasteiger charge is -2.01. The first-order valence-electron chi connectivity index (χ1n) is 5.88. The Kier molecular flexibility index (Phi) is 4.40. The van der Waals surface area contributed by atoms with Crippen LogP contribution in [0.4, 0.5) is 13.2 Å². The zero-order chi connectivity index (χ0) is 15.7. The molecule has 10 heteroatoms.